The average Bonchev–Trinajstić information content (AvgIpc) is 3.07. The van der Waals surface area contributed by atoms with Gasteiger partial charge < -0.3 is 28.8 Å². The van der Waals surface area contributed by atoms with Gasteiger partial charge in [0, 0.05) is 36.3 Å². The lowest BCUT2D eigenvalue weighted by Crippen LogP contribution is -2.34. The molecule has 8 heteroatoms. The summed E-state index contributed by atoms with van der Waals surface area (Å²) in [6, 6.07) is 21.0. The number of ether oxygens (including phenoxy) is 5. The minimum atomic E-state index is -0.675. The number of hydrogen-bond acceptors (Lipinski definition) is 8. The summed E-state index contributed by atoms with van der Waals surface area (Å²) in [6.45, 7) is 3.60. The molecule has 3 atom stereocenters. The molecule has 4 aliphatic heterocycles. The Balaban J connectivity index is 1.47. The molecule has 8 nitrogen and oxygen atoms in total. The lowest BCUT2D eigenvalue weighted by Gasteiger charge is -2.37. The van der Waals surface area contributed by atoms with Crippen LogP contribution in [0.1, 0.15) is 64.1 Å². The van der Waals surface area contributed by atoms with Crippen LogP contribution < -0.4 is 23.7 Å². The molecule has 1 N–H and O–H groups in total. The van der Waals surface area contributed by atoms with E-state index < -0.39 is 6.10 Å². The highest BCUT2D eigenvalue weighted by atomic mass is 16.5. The molecule has 4 aromatic rings. The van der Waals surface area contributed by atoms with Gasteiger partial charge >= 0.3 is 0 Å². The Kier molecular flexibility index (Phi) is 8.51. The summed E-state index contributed by atoms with van der Waals surface area (Å²) >= 11 is 0. The maximum absolute atomic E-state index is 10.7. The van der Waals surface area contributed by atoms with Crippen molar-refractivity contribution in [2.24, 2.45) is 0 Å². The molecule has 0 saturated carbocycles. The van der Waals surface area contributed by atoms with Crippen molar-refractivity contribution in [1.82, 2.24) is 9.80 Å². The fourth-order valence-corrected chi connectivity index (χ4v) is 7.49. The van der Waals surface area contributed by atoms with Gasteiger partial charge in [-0.15, -0.1) is 0 Å². The van der Waals surface area contributed by atoms with Gasteiger partial charge in [0.1, 0.15) is 11.5 Å². The zero-order chi connectivity index (χ0) is 32.8. The Bertz CT molecular complexity index is 1790. The summed E-state index contributed by atoms with van der Waals surface area (Å²) in [7, 11) is 9.38. The van der Waals surface area contributed by atoms with E-state index in [4.69, 9.17) is 23.7 Å². The first-order valence-electron chi connectivity index (χ1n) is 16.4. The lowest BCUT2D eigenvalue weighted by molar-refractivity contribution is 0.195. The zero-order valence-corrected chi connectivity index (χ0v) is 28.1. The number of benzene rings is 4. The maximum Gasteiger partial charge on any atom is 0.204 e. The average molecular weight is 637 g/mol. The molecule has 246 valence electrons. The van der Waals surface area contributed by atoms with E-state index in [0.29, 0.717) is 40.9 Å². The third kappa shape index (κ3) is 5.79. The Hall–Kier alpha value is -4.24. The van der Waals surface area contributed by atoms with Gasteiger partial charge in [-0.25, -0.2) is 0 Å². The smallest absolute Gasteiger partial charge is 0.204 e. The molecule has 8 rings (SSSR count). The monoisotopic (exact) mass is 636 g/mol. The molecule has 0 radical (unpaired) electrons. The van der Waals surface area contributed by atoms with Crippen molar-refractivity contribution in [2.45, 2.75) is 50.8 Å². The molecule has 0 spiro atoms. The van der Waals surface area contributed by atoms with Crippen LogP contribution in [0.25, 0.3) is 0 Å². The lowest BCUT2D eigenvalue weighted by atomic mass is 9.87. The van der Waals surface area contributed by atoms with Crippen LogP contribution in [0, 0.1) is 0 Å². The van der Waals surface area contributed by atoms with E-state index in [1.807, 2.05) is 18.2 Å². The number of nitrogens with zero attached hydrogens (tertiary/aromatic N) is 2. The highest BCUT2D eigenvalue weighted by Crippen LogP contribution is 2.52. The van der Waals surface area contributed by atoms with E-state index in [1.165, 1.54) is 22.3 Å². The summed E-state index contributed by atoms with van der Waals surface area (Å²) in [4.78, 5) is 4.79. The number of likely N-dealkylation sites (N-methyl/N-ethyl adjacent to an activating group) is 2. The third-order valence-corrected chi connectivity index (χ3v) is 10.1. The van der Waals surface area contributed by atoms with Gasteiger partial charge in [-0.1, -0.05) is 24.3 Å². The summed E-state index contributed by atoms with van der Waals surface area (Å²) in [5.41, 5.74) is 7.79. The van der Waals surface area contributed by atoms with Crippen molar-refractivity contribution >= 4 is 0 Å². The zero-order valence-electron chi connectivity index (χ0n) is 28.1. The van der Waals surface area contributed by atoms with Crippen LogP contribution in [0.5, 0.6) is 40.2 Å². The third-order valence-electron chi connectivity index (χ3n) is 10.1. The molecular formula is C39H44N2O6. The summed E-state index contributed by atoms with van der Waals surface area (Å²) in [6.07, 6.45) is 2.62. The number of hydrogen-bond donors (Lipinski definition) is 1. The molecule has 4 aliphatic rings. The van der Waals surface area contributed by atoms with Crippen LogP contribution in [0.15, 0.2) is 60.7 Å². The van der Waals surface area contributed by atoms with Crippen molar-refractivity contribution < 1.29 is 28.8 Å². The molecule has 0 saturated heterocycles. The Morgan fingerprint density at radius 3 is 2.09 bits per heavy atom. The standard InChI is InChI=1S/C39H44N2O6/c1-23(42)29-12-9-25-18-32-37-27(14-16-41(32)3)21-36(44-5)38(45-6)39(37)47-35-22-30-26(20-34(35)43-4)13-15-40(2)31(30)17-24-7-10-28(11-8-24)46-33(29)19-25/h7-12,19-23,31-32,42H,13-18H2,1-6H3/t23?,31-,32+/m0/s1. The SMILES string of the molecule is COc1cc2c3cc1Oc1c(OC)c(OC)cc4c1[C@@H](Cc1ccc(C(C)O)c(c1)Oc1ccc(cc1)C[C@@H]3N(C)CC2)N(C)CC4. The van der Waals surface area contributed by atoms with E-state index in [2.05, 4.69) is 66.4 Å². The first-order valence-corrected chi connectivity index (χ1v) is 16.4. The number of aliphatic hydroxyl groups is 1. The van der Waals surface area contributed by atoms with Crippen molar-refractivity contribution in [3.05, 3.63) is 99.6 Å². The van der Waals surface area contributed by atoms with Crippen molar-refractivity contribution in [1.29, 1.82) is 0 Å². The fraction of sp³-hybridized carbons (Fsp3) is 0.385. The largest absolute Gasteiger partial charge is 0.493 e. The summed E-state index contributed by atoms with van der Waals surface area (Å²) in [5, 5.41) is 10.7. The van der Waals surface area contributed by atoms with Crippen LogP contribution in [-0.2, 0) is 25.7 Å². The number of fused-ring (bicyclic) bond motifs is 2. The van der Waals surface area contributed by atoms with Gasteiger partial charge in [0.05, 0.1) is 27.4 Å². The summed E-state index contributed by atoms with van der Waals surface area (Å²) < 4.78 is 31.4. The number of rotatable bonds is 4. The van der Waals surface area contributed by atoms with E-state index in [0.717, 1.165) is 54.8 Å². The van der Waals surface area contributed by atoms with Gasteiger partial charge in [-0.05, 0) is 111 Å². The van der Waals surface area contributed by atoms with Crippen molar-refractivity contribution in [3.63, 3.8) is 0 Å². The molecule has 1 unspecified atom stereocenters. The molecule has 0 fully saturated rings. The Morgan fingerprint density at radius 1 is 0.723 bits per heavy atom. The van der Waals surface area contributed by atoms with Crippen LogP contribution in [0.4, 0.5) is 0 Å². The second kappa shape index (κ2) is 12.8. The normalized spacial score (nSPS) is 19.8. The van der Waals surface area contributed by atoms with Crippen molar-refractivity contribution in [2.75, 3.05) is 48.5 Å². The van der Waals surface area contributed by atoms with Crippen LogP contribution >= 0.6 is 0 Å². The predicted molar refractivity (Wildman–Crippen MR) is 182 cm³/mol. The Labute approximate surface area is 277 Å². The van der Waals surface area contributed by atoms with Gasteiger partial charge in [0.2, 0.25) is 5.75 Å². The van der Waals surface area contributed by atoms with Gasteiger partial charge in [0.15, 0.2) is 23.0 Å². The molecule has 47 heavy (non-hydrogen) atoms. The first-order chi connectivity index (χ1) is 22.8. The Morgan fingerprint density at radius 2 is 1.38 bits per heavy atom. The van der Waals surface area contributed by atoms with Crippen LogP contribution in [0.3, 0.4) is 0 Å². The van der Waals surface area contributed by atoms with Crippen molar-refractivity contribution in [3.8, 4) is 40.2 Å². The molecule has 0 aliphatic carbocycles. The van der Waals surface area contributed by atoms with Gasteiger partial charge in [-0.3, -0.25) is 9.80 Å². The van der Waals surface area contributed by atoms with Gasteiger partial charge in [0.25, 0.3) is 0 Å². The fourth-order valence-electron chi connectivity index (χ4n) is 7.49. The molecule has 0 amide bonds. The first kappa shape index (κ1) is 31.4. The van der Waals surface area contributed by atoms with E-state index >= 15 is 0 Å². The molecule has 4 heterocycles. The summed E-state index contributed by atoms with van der Waals surface area (Å²) in [5.74, 6) is 4.59. The molecular weight excluding hydrogens is 592 g/mol. The number of aliphatic hydroxyl groups excluding tert-OH is 1. The van der Waals surface area contributed by atoms with Crippen LogP contribution in [-0.4, -0.2) is 63.4 Å². The maximum atomic E-state index is 10.7. The number of methoxy groups -OCH3 is 3. The van der Waals surface area contributed by atoms with E-state index in [1.54, 1.807) is 28.3 Å². The van der Waals surface area contributed by atoms with E-state index in [9.17, 15) is 5.11 Å². The molecule has 4 aromatic carbocycles. The second-order valence-corrected chi connectivity index (χ2v) is 13.0. The van der Waals surface area contributed by atoms with Gasteiger partial charge in [-0.2, -0.15) is 0 Å². The predicted octanol–water partition coefficient (Wildman–Crippen LogP) is 7.21. The minimum Gasteiger partial charge on any atom is -0.493 e. The highest BCUT2D eigenvalue weighted by Gasteiger charge is 2.34. The van der Waals surface area contributed by atoms with E-state index in [-0.39, 0.29) is 12.1 Å². The minimum absolute atomic E-state index is 0.0283. The topological polar surface area (TPSA) is 72.9 Å². The second-order valence-electron chi connectivity index (χ2n) is 13.0. The quantitative estimate of drug-likeness (QED) is 0.252. The molecule has 0 aromatic heterocycles. The van der Waals surface area contributed by atoms with Crippen LogP contribution in [0.2, 0.25) is 0 Å². The highest BCUT2D eigenvalue weighted by molar-refractivity contribution is 5.63. The molecule has 6 bridgehead atoms.